The Kier molecular flexibility index (Phi) is 4.24. The smallest absolute Gasteiger partial charge is 0.0490 e. The molecule has 1 N–H and O–H groups in total. The summed E-state index contributed by atoms with van der Waals surface area (Å²) in [5.41, 5.74) is 0.293. The summed E-state index contributed by atoms with van der Waals surface area (Å²) < 4.78 is 0. The minimum absolute atomic E-state index is 0.293. The van der Waals surface area contributed by atoms with Gasteiger partial charge in [-0.15, -0.1) is 0 Å². The molecular weight excluding hydrogens is 160 g/mol. The van der Waals surface area contributed by atoms with E-state index in [-0.39, 0.29) is 0 Å². The van der Waals surface area contributed by atoms with Gasteiger partial charge < -0.3 is 5.11 Å². The van der Waals surface area contributed by atoms with E-state index in [1.165, 1.54) is 44.9 Å². The fraction of sp³-hybridized carbons (Fsp3) is 1.00. The van der Waals surface area contributed by atoms with Crippen LogP contribution >= 0.6 is 0 Å². The predicted molar refractivity (Wildman–Crippen MR) is 56.7 cm³/mol. The summed E-state index contributed by atoms with van der Waals surface area (Å²) in [5.74, 6) is 0.748. The van der Waals surface area contributed by atoms with Crippen molar-refractivity contribution >= 4 is 0 Å². The van der Waals surface area contributed by atoms with Crippen LogP contribution in [0.2, 0.25) is 0 Å². The zero-order valence-corrected chi connectivity index (χ0v) is 9.18. The molecular formula is C12H24O. The van der Waals surface area contributed by atoms with Crippen molar-refractivity contribution < 1.29 is 5.11 Å². The lowest BCUT2D eigenvalue weighted by molar-refractivity contribution is 0.0192. The average Bonchev–Trinajstić information content (AvgIpc) is 2.21. The van der Waals surface area contributed by atoms with E-state index < -0.39 is 0 Å². The van der Waals surface area contributed by atoms with Gasteiger partial charge in [-0.05, 0) is 24.2 Å². The predicted octanol–water partition coefficient (Wildman–Crippen LogP) is 3.37. The van der Waals surface area contributed by atoms with Crippen molar-refractivity contribution in [2.24, 2.45) is 11.3 Å². The molecule has 0 aliphatic heterocycles. The Bertz CT molecular complexity index is 132. The monoisotopic (exact) mass is 184 g/mol. The van der Waals surface area contributed by atoms with Gasteiger partial charge in [-0.1, -0.05) is 46.0 Å². The number of aliphatic hydroxyl groups excluding tert-OH is 1. The second-order valence-corrected chi connectivity index (χ2v) is 4.59. The molecule has 1 heteroatoms. The zero-order valence-electron chi connectivity index (χ0n) is 9.18. The van der Waals surface area contributed by atoms with Crippen LogP contribution in [0.1, 0.15) is 58.8 Å². The molecule has 1 saturated carbocycles. The number of rotatable bonds is 4. The molecule has 0 aromatic heterocycles. The lowest BCUT2D eigenvalue weighted by atomic mass is 9.64. The van der Waals surface area contributed by atoms with Crippen molar-refractivity contribution in [2.75, 3.05) is 6.61 Å². The minimum Gasteiger partial charge on any atom is -0.396 e. The van der Waals surface area contributed by atoms with E-state index >= 15 is 0 Å². The molecule has 0 aromatic carbocycles. The first-order valence-electron chi connectivity index (χ1n) is 5.90. The third kappa shape index (κ3) is 2.25. The highest BCUT2D eigenvalue weighted by molar-refractivity contribution is 4.87. The molecule has 0 atom stereocenters. The molecule has 1 fully saturated rings. The van der Waals surface area contributed by atoms with Gasteiger partial charge in [-0.2, -0.15) is 0 Å². The molecule has 0 unspecified atom stereocenters. The summed E-state index contributed by atoms with van der Waals surface area (Å²) in [6.45, 7) is 4.94. The second kappa shape index (κ2) is 4.99. The molecule has 1 aliphatic carbocycles. The molecule has 0 saturated heterocycles. The zero-order chi connectivity index (χ0) is 9.73. The molecule has 0 bridgehead atoms. The highest BCUT2D eigenvalue weighted by Crippen LogP contribution is 2.44. The maximum atomic E-state index is 9.57. The lowest BCUT2D eigenvalue weighted by Crippen LogP contribution is -2.36. The molecule has 0 heterocycles. The highest BCUT2D eigenvalue weighted by Gasteiger charge is 2.36. The van der Waals surface area contributed by atoms with Gasteiger partial charge in [0.25, 0.3) is 0 Å². The van der Waals surface area contributed by atoms with Gasteiger partial charge in [0, 0.05) is 6.61 Å². The van der Waals surface area contributed by atoms with Crippen molar-refractivity contribution in [2.45, 2.75) is 58.8 Å². The summed E-state index contributed by atoms with van der Waals surface area (Å²) in [6, 6.07) is 0. The van der Waals surface area contributed by atoms with Crippen LogP contribution in [0.25, 0.3) is 0 Å². The summed E-state index contributed by atoms with van der Waals surface area (Å²) in [6.07, 6.45) is 9.02. The quantitative estimate of drug-likeness (QED) is 0.710. The Balaban J connectivity index is 2.64. The van der Waals surface area contributed by atoms with Crippen LogP contribution in [-0.4, -0.2) is 11.7 Å². The van der Waals surface area contributed by atoms with E-state index in [9.17, 15) is 5.11 Å². The van der Waals surface area contributed by atoms with Gasteiger partial charge in [-0.3, -0.25) is 0 Å². The Labute approximate surface area is 82.5 Å². The van der Waals surface area contributed by atoms with Gasteiger partial charge in [0.1, 0.15) is 0 Å². The van der Waals surface area contributed by atoms with Gasteiger partial charge in [0.2, 0.25) is 0 Å². The molecule has 1 aliphatic rings. The summed E-state index contributed by atoms with van der Waals surface area (Å²) in [4.78, 5) is 0. The molecule has 0 aromatic rings. The number of aliphatic hydroxyl groups is 1. The average molecular weight is 184 g/mol. The van der Waals surface area contributed by atoms with Crippen LogP contribution in [0.5, 0.6) is 0 Å². The van der Waals surface area contributed by atoms with Crippen LogP contribution in [0.15, 0.2) is 0 Å². The SMILES string of the molecule is CCC(CC)C1(CO)CCCCC1. The van der Waals surface area contributed by atoms with Crippen LogP contribution < -0.4 is 0 Å². The van der Waals surface area contributed by atoms with E-state index in [1.807, 2.05) is 0 Å². The first-order valence-corrected chi connectivity index (χ1v) is 5.90. The minimum atomic E-state index is 0.293. The first kappa shape index (κ1) is 11.0. The maximum absolute atomic E-state index is 9.57. The Hall–Kier alpha value is -0.0400. The normalized spacial score (nSPS) is 22.2. The molecule has 78 valence electrons. The van der Waals surface area contributed by atoms with E-state index in [2.05, 4.69) is 13.8 Å². The third-order valence-electron chi connectivity index (χ3n) is 4.02. The van der Waals surface area contributed by atoms with Crippen molar-refractivity contribution in [3.63, 3.8) is 0 Å². The van der Waals surface area contributed by atoms with Crippen LogP contribution in [-0.2, 0) is 0 Å². The fourth-order valence-electron chi connectivity index (χ4n) is 3.11. The maximum Gasteiger partial charge on any atom is 0.0490 e. The van der Waals surface area contributed by atoms with Crippen molar-refractivity contribution in [3.8, 4) is 0 Å². The summed E-state index contributed by atoms with van der Waals surface area (Å²) in [7, 11) is 0. The largest absolute Gasteiger partial charge is 0.396 e. The highest BCUT2D eigenvalue weighted by atomic mass is 16.3. The first-order chi connectivity index (χ1) is 6.29. The number of hydrogen-bond acceptors (Lipinski definition) is 1. The van der Waals surface area contributed by atoms with Crippen LogP contribution in [0, 0.1) is 11.3 Å². The van der Waals surface area contributed by atoms with Gasteiger partial charge in [-0.25, -0.2) is 0 Å². The molecule has 0 spiro atoms. The summed E-state index contributed by atoms with van der Waals surface area (Å²) >= 11 is 0. The molecule has 0 amide bonds. The van der Waals surface area contributed by atoms with Crippen LogP contribution in [0.4, 0.5) is 0 Å². The lowest BCUT2D eigenvalue weighted by Gasteiger charge is -2.42. The van der Waals surface area contributed by atoms with E-state index in [0.29, 0.717) is 12.0 Å². The molecule has 1 nitrogen and oxygen atoms in total. The van der Waals surface area contributed by atoms with Crippen molar-refractivity contribution in [1.82, 2.24) is 0 Å². The van der Waals surface area contributed by atoms with Gasteiger partial charge in [0.05, 0.1) is 0 Å². The van der Waals surface area contributed by atoms with E-state index in [4.69, 9.17) is 0 Å². The van der Waals surface area contributed by atoms with E-state index in [1.54, 1.807) is 0 Å². The summed E-state index contributed by atoms with van der Waals surface area (Å²) in [5, 5.41) is 9.57. The Morgan fingerprint density at radius 2 is 1.62 bits per heavy atom. The van der Waals surface area contributed by atoms with Gasteiger partial charge in [0.15, 0.2) is 0 Å². The second-order valence-electron chi connectivity index (χ2n) is 4.59. The van der Waals surface area contributed by atoms with Crippen molar-refractivity contribution in [3.05, 3.63) is 0 Å². The number of hydrogen-bond donors (Lipinski definition) is 1. The topological polar surface area (TPSA) is 20.2 Å². The van der Waals surface area contributed by atoms with Crippen LogP contribution in [0.3, 0.4) is 0 Å². The standard InChI is InChI=1S/C12H24O/c1-3-11(4-2)12(10-13)8-6-5-7-9-12/h11,13H,3-10H2,1-2H3. The van der Waals surface area contributed by atoms with E-state index in [0.717, 1.165) is 5.92 Å². The molecule has 0 radical (unpaired) electrons. The Morgan fingerprint density at radius 3 is 2.00 bits per heavy atom. The third-order valence-corrected chi connectivity index (χ3v) is 4.02. The fourth-order valence-corrected chi connectivity index (χ4v) is 3.11. The van der Waals surface area contributed by atoms with Crippen molar-refractivity contribution in [1.29, 1.82) is 0 Å². The van der Waals surface area contributed by atoms with Gasteiger partial charge >= 0.3 is 0 Å². The molecule has 1 rings (SSSR count). The Morgan fingerprint density at radius 1 is 1.08 bits per heavy atom. The molecule has 13 heavy (non-hydrogen) atoms.